The highest BCUT2D eigenvalue weighted by Gasteiger charge is 2.08. The van der Waals surface area contributed by atoms with E-state index in [1.807, 2.05) is 0 Å². The van der Waals surface area contributed by atoms with Gasteiger partial charge in [0.1, 0.15) is 6.61 Å². The predicted molar refractivity (Wildman–Crippen MR) is 53.2 cm³/mol. The third-order valence-corrected chi connectivity index (χ3v) is 2.21. The summed E-state index contributed by atoms with van der Waals surface area (Å²) in [4.78, 5) is 4.10. The van der Waals surface area contributed by atoms with Gasteiger partial charge in [-0.25, -0.2) is 9.50 Å². The first kappa shape index (κ1) is 9.42. The minimum absolute atomic E-state index is 0.178. The van der Waals surface area contributed by atoms with E-state index in [1.54, 1.807) is 23.9 Å². The maximum atomic E-state index is 8.88. The minimum atomic E-state index is -0.178. The molecular weight excluding hydrogens is 250 g/mol. The summed E-state index contributed by atoms with van der Waals surface area (Å²) in [6, 6.07) is 1.80. The van der Waals surface area contributed by atoms with Crippen molar-refractivity contribution >= 4 is 21.6 Å². The molecule has 0 aliphatic rings. The second kappa shape index (κ2) is 3.55. The van der Waals surface area contributed by atoms with Crippen molar-refractivity contribution in [3.63, 3.8) is 0 Å². The number of hydrogen-bond acceptors (Lipinski definition) is 4. The molecule has 0 amide bonds. The topological polar surface area (TPSA) is 59.7 Å². The molecule has 0 atom stereocenters. The maximum Gasteiger partial charge on any atom is 0.198 e. The van der Waals surface area contributed by atoms with E-state index in [0.717, 1.165) is 4.47 Å². The Labute approximate surface area is 88.5 Å². The van der Waals surface area contributed by atoms with Crippen LogP contribution in [0.5, 0.6) is 5.75 Å². The third kappa shape index (κ3) is 1.46. The van der Waals surface area contributed by atoms with Gasteiger partial charge in [-0.1, -0.05) is 0 Å². The number of aliphatic hydroxyl groups is 1. The molecule has 0 aromatic carbocycles. The first-order chi connectivity index (χ1) is 6.74. The number of aliphatic hydroxyl groups excluding tert-OH is 1. The summed E-state index contributed by atoms with van der Waals surface area (Å²) >= 11 is 3.32. The molecule has 0 saturated heterocycles. The van der Waals surface area contributed by atoms with E-state index in [9.17, 15) is 0 Å². The van der Waals surface area contributed by atoms with Crippen molar-refractivity contribution < 1.29 is 9.84 Å². The highest BCUT2D eigenvalue weighted by molar-refractivity contribution is 9.10. The van der Waals surface area contributed by atoms with Gasteiger partial charge in [0.15, 0.2) is 17.2 Å². The number of fused-ring (bicyclic) bond motifs is 1. The molecular formula is C8H8BrN3O2. The van der Waals surface area contributed by atoms with Crippen LogP contribution in [-0.2, 0) is 6.61 Å². The van der Waals surface area contributed by atoms with Crippen LogP contribution in [0.15, 0.2) is 16.7 Å². The highest BCUT2D eigenvalue weighted by Crippen LogP contribution is 2.22. The van der Waals surface area contributed by atoms with Crippen molar-refractivity contribution in [1.82, 2.24) is 14.6 Å². The molecule has 0 fully saturated rings. The molecule has 0 bridgehead atoms. The number of pyridine rings is 1. The van der Waals surface area contributed by atoms with Gasteiger partial charge in [0.2, 0.25) is 0 Å². The summed E-state index contributed by atoms with van der Waals surface area (Å²) in [7, 11) is 1.56. The summed E-state index contributed by atoms with van der Waals surface area (Å²) in [6.07, 6.45) is 1.75. The number of ether oxygens (including phenoxy) is 1. The third-order valence-electron chi connectivity index (χ3n) is 1.77. The standard InChI is InChI=1S/C8H8BrN3O2/c1-14-6-2-5(9)3-12-8(6)10-7(4-13)11-12/h2-3,13H,4H2,1H3. The molecule has 0 aliphatic carbocycles. The molecule has 14 heavy (non-hydrogen) atoms. The molecule has 2 heterocycles. The van der Waals surface area contributed by atoms with E-state index in [1.165, 1.54) is 0 Å². The van der Waals surface area contributed by atoms with Gasteiger partial charge in [0.25, 0.3) is 0 Å². The van der Waals surface area contributed by atoms with Gasteiger partial charge in [-0.2, -0.15) is 0 Å². The Kier molecular flexibility index (Phi) is 2.39. The first-order valence-corrected chi connectivity index (χ1v) is 4.73. The Morgan fingerprint density at radius 3 is 3.07 bits per heavy atom. The summed E-state index contributed by atoms with van der Waals surface area (Å²) in [5, 5.41) is 12.9. The lowest BCUT2D eigenvalue weighted by molar-refractivity contribution is 0.271. The zero-order chi connectivity index (χ0) is 10.1. The Morgan fingerprint density at radius 1 is 1.64 bits per heavy atom. The van der Waals surface area contributed by atoms with E-state index < -0.39 is 0 Å². The summed E-state index contributed by atoms with van der Waals surface area (Å²) in [5.74, 6) is 0.993. The van der Waals surface area contributed by atoms with Crippen LogP contribution in [-0.4, -0.2) is 26.8 Å². The van der Waals surface area contributed by atoms with Crippen LogP contribution in [0.3, 0.4) is 0 Å². The number of rotatable bonds is 2. The molecule has 6 heteroatoms. The van der Waals surface area contributed by atoms with Crippen LogP contribution in [0.4, 0.5) is 0 Å². The van der Waals surface area contributed by atoms with E-state index in [0.29, 0.717) is 17.2 Å². The molecule has 0 radical (unpaired) electrons. The van der Waals surface area contributed by atoms with Crippen molar-refractivity contribution in [2.24, 2.45) is 0 Å². The molecule has 5 nitrogen and oxygen atoms in total. The SMILES string of the molecule is COc1cc(Br)cn2nc(CO)nc12. The second-order valence-corrected chi connectivity index (χ2v) is 3.60. The predicted octanol–water partition coefficient (Wildman–Crippen LogP) is 0.993. The molecule has 0 unspecified atom stereocenters. The van der Waals surface area contributed by atoms with E-state index in [4.69, 9.17) is 9.84 Å². The van der Waals surface area contributed by atoms with E-state index in [2.05, 4.69) is 26.0 Å². The van der Waals surface area contributed by atoms with Gasteiger partial charge in [-0.05, 0) is 22.0 Å². The zero-order valence-electron chi connectivity index (χ0n) is 7.44. The molecule has 2 rings (SSSR count). The van der Waals surface area contributed by atoms with E-state index >= 15 is 0 Å². The quantitative estimate of drug-likeness (QED) is 0.872. The molecule has 2 aromatic heterocycles. The molecule has 74 valence electrons. The van der Waals surface area contributed by atoms with Crippen LogP contribution in [0.2, 0.25) is 0 Å². The fourth-order valence-corrected chi connectivity index (χ4v) is 1.59. The number of hydrogen-bond donors (Lipinski definition) is 1. The molecule has 1 N–H and O–H groups in total. The first-order valence-electron chi connectivity index (χ1n) is 3.94. The average Bonchev–Trinajstić information content (AvgIpc) is 2.59. The Morgan fingerprint density at radius 2 is 2.43 bits per heavy atom. The lowest BCUT2D eigenvalue weighted by atomic mass is 10.4. The monoisotopic (exact) mass is 257 g/mol. The molecule has 2 aromatic rings. The molecule has 0 saturated carbocycles. The average molecular weight is 258 g/mol. The number of nitrogens with zero attached hydrogens (tertiary/aromatic N) is 3. The Bertz CT molecular complexity index is 469. The van der Waals surface area contributed by atoms with Gasteiger partial charge >= 0.3 is 0 Å². The van der Waals surface area contributed by atoms with E-state index in [-0.39, 0.29) is 6.61 Å². The van der Waals surface area contributed by atoms with Gasteiger partial charge in [-0.3, -0.25) is 0 Å². The minimum Gasteiger partial charge on any atom is -0.493 e. The second-order valence-electron chi connectivity index (χ2n) is 2.68. The van der Waals surface area contributed by atoms with Crippen molar-refractivity contribution in [2.45, 2.75) is 6.61 Å². The fourth-order valence-electron chi connectivity index (χ4n) is 1.19. The summed E-state index contributed by atoms with van der Waals surface area (Å²) in [6.45, 7) is -0.178. The smallest absolute Gasteiger partial charge is 0.198 e. The van der Waals surface area contributed by atoms with Gasteiger partial charge in [0.05, 0.1) is 7.11 Å². The number of aromatic nitrogens is 3. The van der Waals surface area contributed by atoms with Gasteiger partial charge in [0, 0.05) is 10.7 Å². The normalized spacial score (nSPS) is 10.8. The van der Waals surface area contributed by atoms with Crippen molar-refractivity contribution in [3.05, 3.63) is 22.6 Å². The van der Waals surface area contributed by atoms with Crippen LogP contribution in [0, 0.1) is 0 Å². The van der Waals surface area contributed by atoms with Crippen molar-refractivity contribution in [2.75, 3.05) is 7.11 Å². The summed E-state index contributed by atoms with van der Waals surface area (Å²) in [5.41, 5.74) is 0.597. The van der Waals surface area contributed by atoms with Crippen molar-refractivity contribution in [1.29, 1.82) is 0 Å². The lowest BCUT2D eigenvalue weighted by Crippen LogP contribution is -1.92. The molecule has 0 aliphatic heterocycles. The zero-order valence-corrected chi connectivity index (χ0v) is 9.02. The summed E-state index contributed by atoms with van der Waals surface area (Å²) < 4.78 is 7.54. The Balaban J connectivity index is 2.71. The van der Waals surface area contributed by atoms with Gasteiger partial charge < -0.3 is 9.84 Å². The van der Waals surface area contributed by atoms with Crippen molar-refractivity contribution in [3.8, 4) is 5.75 Å². The lowest BCUT2D eigenvalue weighted by Gasteiger charge is -2.00. The Hall–Kier alpha value is -1.14. The van der Waals surface area contributed by atoms with Crippen LogP contribution >= 0.6 is 15.9 Å². The largest absolute Gasteiger partial charge is 0.493 e. The number of halogens is 1. The number of methoxy groups -OCH3 is 1. The maximum absolute atomic E-state index is 8.88. The van der Waals surface area contributed by atoms with Crippen LogP contribution < -0.4 is 4.74 Å². The van der Waals surface area contributed by atoms with Gasteiger partial charge in [-0.15, -0.1) is 5.10 Å². The fraction of sp³-hybridized carbons (Fsp3) is 0.250. The molecule has 0 spiro atoms. The van der Waals surface area contributed by atoms with Crippen LogP contribution in [0.25, 0.3) is 5.65 Å². The van der Waals surface area contributed by atoms with Crippen LogP contribution in [0.1, 0.15) is 5.82 Å². The highest BCUT2D eigenvalue weighted by atomic mass is 79.9.